The molecule has 1 saturated heterocycles. The van der Waals surface area contributed by atoms with Crippen LogP contribution in [0.15, 0.2) is 24.3 Å². The van der Waals surface area contributed by atoms with Crippen LogP contribution < -0.4 is 0 Å². The van der Waals surface area contributed by atoms with Gasteiger partial charge in [-0.1, -0.05) is 24.3 Å². The number of carbonyl (C=O) groups is 1. The number of ketones is 1. The Bertz CT molecular complexity index is 378. The summed E-state index contributed by atoms with van der Waals surface area (Å²) < 4.78 is 5.19. The second-order valence-corrected chi connectivity index (χ2v) is 3.94. The molecule has 0 aliphatic carbocycles. The molecule has 15 heavy (non-hydrogen) atoms. The molecule has 0 radical (unpaired) electrons. The van der Waals surface area contributed by atoms with Crippen molar-refractivity contribution in [1.82, 2.24) is 0 Å². The Morgan fingerprint density at radius 1 is 1.47 bits per heavy atom. The molecule has 1 aliphatic heterocycles. The SMILES string of the molecule is CC(=O)c1ccccc1C1(O)CCOC1. The molecule has 0 bridgehead atoms. The van der Waals surface area contributed by atoms with Crippen LogP contribution in [0.3, 0.4) is 0 Å². The van der Waals surface area contributed by atoms with Crippen LogP contribution in [0.2, 0.25) is 0 Å². The van der Waals surface area contributed by atoms with Gasteiger partial charge in [-0.3, -0.25) is 4.79 Å². The van der Waals surface area contributed by atoms with Crippen LogP contribution in [0.4, 0.5) is 0 Å². The largest absolute Gasteiger partial charge is 0.383 e. The number of rotatable bonds is 2. The zero-order valence-corrected chi connectivity index (χ0v) is 8.69. The Kier molecular flexibility index (Phi) is 2.59. The Balaban J connectivity index is 2.47. The van der Waals surface area contributed by atoms with Crippen LogP contribution in [-0.2, 0) is 10.3 Å². The first kappa shape index (κ1) is 10.3. The lowest BCUT2D eigenvalue weighted by atomic mass is 9.88. The maximum Gasteiger partial charge on any atom is 0.160 e. The van der Waals surface area contributed by atoms with Crippen LogP contribution in [0.1, 0.15) is 29.3 Å². The van der Waals surface area contributed by atoms with E-state index in [0.717, 1.165) is 0 Å². The van der Waals surface area contributed by atoms with Crippen LogP contribution in [-0.4, -0.2) is 24.1 Å². The number of benzene rings is 1. The first-order valence-corrected chi connectivity index (χ1v) is 5.04. The molecule has 1 aliphatic rings. The summed E-state index contributed by atoms with van der Waals surface area (Å²) in [5, 5.41) is 10.3. The molecule has 80 valence electrons. The topological polar surface area (TPSA) is 46.5 Å². The quantitative estimate of drug-likeness (QED) is 0.746. The van der Waals surface area contributed by atoms with Gasteiger partial charge in [-0.25, -0.2) is 0 Å². The van der Waals surface area contributed by atoms with Crippen molar-refractivity contribution in [2.45, 2.75) is 18.9 Å². The number of Topliss-reactive ketones (excluding diaryl/α,β-unsaturated/α-hetero) is 1. The van der Waals surface area contributed by atoms with Crippen molar-refractivity contribution >= 4 is 5.78 Å². The van der Waals surface area contributed by atoms with E-state index in [4.69, 9.17) is 4.74 Å². The van der Waals surface area contributed by atoms with Gasteiger partial charge in [0.2, 0.25) is 0 Å². The third-order valence-corrected chi connectivity index (χ3v) is 2.81. The minimum absolute atomic E-state index is 0.0223. The summed E-state index contributed by atoms with van der Waals surface area (Å²) in [7, 11) is 0. The summed E-state index contributed by atoms with van der Waals surface area (Å²) in [6.07, 6.45) is 0.553. The van der Waals surface area contributed by atoms with Crippen LogP contribution in [0.5, 0.6) is 0 Å². The number of hydrogen-bond acceptors (Lipinski definition) is 3. The van der Waals surface area contributed by atoms with Crippen LogP contribution >= 0.6 is 0 Å². The van der Waals surface area contributed by atoms with E-state index in [1.807, 2.05) is 6.07 Å². The van der Waals surface area contributed by atoms with Crippen molar-refractivity contribution in [3.8, 4) is 0 Å². The van der Waals surface area contributed by atoms with Crippen molar-refractivity contribution in [2.75, 3.05) is 13.2 Å². The highest BCUT2D eigenvalue weighted by molar-refractivity contribution is 5.95. The minimum atomic E-state index is -0.984. The summed E-state index contributed by atoms with van der Waals surface area (Å²) in [4.78, 5) is 11.4. The molecule has 0 saturated carbocycles. The fraction of sp³-hybridized carbons (Fsp3) is 0.417. The standard InChI is InChI=1S/C12H14O3/c1-9(13)10-4-2-3-5-11(10)12(14)6-7-15-8-12/h2-5,14H,6-8H2,1H3. The van der Waals surface area contributed by atoms with Crippen molar-refractivity contribution in [2.24, 2.45) is 0 Å². The molecule has 1 heterocycles. The van der Waals surface area contributed by atoms with Crippen molar-refractivity contribution in [1.29, 1.82) is 0 Å². The minimum Gasteiger partial charge on any atom is -0.383 e. The Labute approximate surface area is 88.7 Å². The lowest BCUT2D eigenvalue weighted by molar-refractivity contribution is 0.0224. The molecule has 1 N–H and O–H groups in total. The average Bonchev–Trinajstić information content (AvgIpc) is 2.66. The van der Waals surface area contributed by atoms with Crippen LogP contribution in [0.25, 0.3) is 0 Å². The van der Waals surface area contributed by atoms with Crippen molar-refractivity contribution in [3.05, 3.63) is 35.4 Å². The third kappa shape index (κ3) is 1.80. The van der Waals surface area contributed by atoms with E-state index >= 15 is 0 Å². The van der Waals surface area contributed by atoms with Gasteiger partial charge < -0.3 is 9.84 Å². The zero-order valence-electron chi connectivity index (χ0n) is 8.69. The van der Waals surface area contributed by atoms with Gasteiger partial charge in [0, 0.05) is 18.6 Å². The second kappa shape index (κ2) is 3.76. The second-order valence-electron chi connectivity index (χ2n) is 3.94. The molecule has 3 heteroatoms. The summed E-state index contributed by atoms with van der Waals surface area (Å²) >= 11 is 0. The normalized spacial score (nSPS) is 25.5. The first-order valence-electron chi connectivity index (χ1n) is 5.04. The predicted octanol–water partition coefficient (Wildman–Crippen LogP) is 1.50. The van der Waals surface area contributed by atoms with Crippen molar-refractivity contribution in [3.63, 3.8) is 0 Å². The number of hydrogen-bond donors (Lipinski definition) is 1. The molecular weight excluding hydrogens is 192 g/mol. The average molecular weight is 206 g/mol. The molecule has 1 unspecified atom stereocenters. The summed E-state index contributed by atoms with van der Waals surface area (Å²) in [5.74, 6) is -0.0223. The molecule has 0 amide bonds. The molecule has 1 aromatic rings. The highest BCUT2D eigenvalue weighted by atomic mass is 16.5. The van der Waals surface area contributed by atoms with E-state index in [1.165, 1.54) is 6.92 Å². The van der Waals surface area contributed by atoms with Gasteiger partial charge in [-0.2, -0.15) is 0 Å². The lowest BCUT2D eigenvalue weighted by Crippen LogP contribution is -2.27. The number of carbonyl (C=O) groups excluding carboxylic acids is 1. The third-order valence-electron chi connectivity index (χ3n) is 2.81. The number of aliphatic hydroxyl groups is 1. The van der Waals surface area contributed by atoms with Gasteiger partial charge >= 0.3 is 0 Å². The highest BCUT2D eigenvalue weighted by Gasteiger charge is 2.36. The smallest absolute Gasteiger partial charge is 0.160 e. The van der Waals surface area contributed by atoms with E-state index in [9.17, 15) is 9.90 Å². The number of ether oxygens (including phenoxy) is 1. The molecular formula is C12H14O3. The van der Waals surface area contributed by atoms with Gasteiger partial charge in [0.05, 0.1) is 6.61 Å². The van der Waals surface area contributed by atoms with Gasteiger partial charge in [-0.05, 0) is 12.5 Å². The summed E-state index contributed by atoms with van der Waals surface area (Å²) in [6.45, 7) is 2.33. The molecule has 0 aromatic heterocycles. The van der Waals surface area contributed by atoms with Crippen molar-refractivity contribution < 1.29 is 14.6 Å². The molecule has 1 atom stereocenters. The fourth-order valence-electron chi connectivity index (χ4n) is 1.96. The molecule has 1 aromatic carbocycles. The molecule has 1 fully saturated rings. The van der Waals surface area contributed by atoms with E-state index in [1.54, 1.807) is 18.2 Å². The van der Waals surface area contributed by atoms with E-state index in [2.05, 4.69) is 0 Å². The Hall–Kier alpha value is -1.19. The van der Waals surface area contributed by atoms with Gasteiger partial charge in [0.25, 0.3) is 0 Å². The lowest BCUT2D eigenvalue weighted by Gasteiger charge is -2.23. The maximum atomic E-state index is 11.4. The molecule has 3 nitrogen and oxygen atoms in total. The van der Waals surface area contributed by atoms with Gasteiger partial charge in [0.1, 0.15) is 5.60 Å². The Morgan fingerprint density at radius 3 is 2.80 bits per heavy atom. The zero-order chi connectivity index (χ0) is 10.9. The van der Waals surface area contributed by atoms with E-state index < -0.39 is 5.60 Å². The molecule has 2 rings (SSSR count). The van der Waals surface area contributed by atoms with Gasteiger partial charge in [0.15, 0.2) is 5.78 Å². The van der Waals surface area contributed by atoms with Gasteiger partial charge in [-0.15, -0.1) is 0 Å². The van der Waals surface area contributed by atoms with Crippen LogP contribution in [0, 0.1) is 0 Å². The first-order chi connectivity index (χ1) is 7.13. The summed E-state index contributed by atoms with van der Waals surface area (Å²) in [6, 6.07) is 7.18. The highest BCUT2D eigenvalue weighted by Crippen LogP contribution is 2.32. The Morgan fingerprint density at radius 2 is 2.20 bits per heavy atom. The van der Waals surface area contributed by atoms with E-state index in [-0.39, 0.29) is 12.4 Å². The van der Waals surface area contributed by atoms with E-state index in [0.29, 0.717) is 24.2 Å². The molecule has 0 spiro atoms. The summed E-state index contributed by atoms with van der Waals surface area (Å²) in [5.41, 5.74) is 0.294. The fourth-order valence-corrected chi connectivity index (χ4v) is 1.96. The predicted molar refractivity (Wildman–Crippen MR) is 55.8 cm³/mol. The maximum absolute atomic E-state index is 11.4. The monoisotopic (exact) mass is 206 g/mol.